The van der Waals surface area contributed by atoms with E-state index in [1.54, 1.807) is 75.0 Å². The van der Waals surface area contributed by atoms with E-state index in [0.29, 0.717) is 28.7 Å². The third-order valence-corrected chi connectivity index (χ3v) is 7.68. The average molecular weight is 519 g/mol. The summed E-state index contributed by atoms with van der Waals surface area (Å²) >= 11 is 0. The second-order valence-corrected chi connectivity index (χ2v) is 10.6. The molecule has 7 nitrogen and oxygen atoms in total. The third kappa shape index (κ3) is 6.47. The van der Waals surface area contributed by atoms with Gasteiger partial charge in [-0.25, -0.2) is 13.4 Å². The zero-order chi connectivity index (χ0) is 26.4. The first-order valence-corrected chi connectivity index (χ1v) is 13.2. The van der Waals surface area contributed by atoms with Crippen molar-refractivity contribution in [2.24, 2.45) is 4.99 Å². The maximum Gasteiger partial charge on any atom is 0.243 e. The van der Waals surface area contributed by atoms with Crippen molar-refractivity contribution in [2.75, 3.05) is 14.2 Å². The molecule has 0 aliphatic carbocycles. The van der Waals surface area contributed by atoms with E-state index in [1.165, 1.54) is 4.31 Å². The van der Waals surface area contributed by atoms with Crippen molar-refractivity contribution >= 4 is 21.9 Å². The maximum atomic E-state index is 13.6. The van der Waals surface area contributed by atoms with Gasteiger partial charge in [0.15, 0.2) is 0 Å². The fourth-order valence-electron chi connectivity index (χ4n) is 3.73. The minimum atomic E-state index is -3.77. The van der Waals surface area contributed by atoms with E-state index in [4.69, 9.17) is 13.9 Å². The molecule has 3 aromatic carbocycles. The average Bonchev–Trinajstić information content (AvgIpc) is 3.35. The number of methoxy groups -OCH3 is 2. The van der Waals surface area contributed by atoms with Crippen LogP contribution >= 0.6 is 0 Å². The summed E-state index contributed by atoms with van der Waals surface area (Å²) in [5.41, 5.74) is 3.61. The highest BCUT2D eigenvalue weighted by atomic mass is 32.2. The Morgan fingerprint density at radius 3 is 2.16 bits per heavy atom. The lowest BCUT2D eigenvalue weighted by Gasteiger charge is -2.21. The highest BCUT2D eigenvalue weighted by Gasteiger charge is 2.26. The molecule has 0 amide bonds. The monoisotopic (exact) mass is 518 g/mol. The minimum absolute atomic E-state index is 0.0732. The second-order valence-electron chi connectivity index (χ2n) is 8.67. The molecule has 0 bridgehead atoms. The normalized spacial score (nSPS) is 11.8. The standard InChI is InChI=1S/C29H30N2O5S/c1-21-5-9-23(10-6-21)19-31(37(32,33)27-14-7-22(2)8-15-27)20-26-12-11-25(36-26)18-30-28-16-13-24(34-3)17-29(28)35-4/h5-18H,19-20H2,1-4H3. The summed E-state index contributed by atoms with van der Waals surface area (Å²) in [6, 6.07) is 23.5. The van der Waals surface area contributed by atoms with Gasteiger partial charge in [-0.1, -0.05) is 47.5 Å². The van der Waals surface area contributed by atoms with Gasteiger partial charge in [-0.2, -0.15) is 4.31 Å². The topological polar surface area (TPSA) is 81.3 Å². The van der Waals surface area contributed by atoms with Gasteiger partial charge in [0, 0.05) is 12.6 Å². The number of aliphatic imine (C=N–C) groups is 1. The maximum absolute atomic E-state index is 13.6. The molecule has 0 aliphatic heterocycles. The molecule has 0 N–H and O–H groups in total. The summed E-state index contributed by atoms with van der Waals surface area (Å²) in [5, 5.41) is 0. The van der Waals surface area contributed by atoms with Crippen LogP contribution in [0.2, 0.25) is 0 Å². The lowest BCUT2D eigenvalue weighted by molar-refractivity contribution is 0.357. The molecule has 1 aromatic heterocycles. The van der Waals surface area contributed by atoms with Gasteiger partial charge in [-0.3, -0.25) is 0 Å². The van der Waals surface area contributed by atoms with Gasteiger partial charge in [0.05, 0.1) is 31.9 Å². The lowest BCUT2D eigenvalue weighted by atomic mass is 10.1. The van der Waals surface area contributed by atoms with Gasteiger partial charge in [-0.05, 0) is 55.8 Å². The SMILES string of the molecule is COc1ccc(N=Cc2ccc(CN(Cc3ccc(C)cc3)S(=O)(=O)c3ccc(C)cc3)o2)c(OC)c1. The minimum Gasteiger partial charge on any atom is -0.497 e. The highest BCUT2D eigenvalue weighted by molar-refractivity contribution is 7.89. The molecule has 4 aromatic rings. The summed E-state index contributed by atoms with van der Waals surface area (Å²) in [7, 11) is -0.623. The van der Waals surface area contributed by atoms with Crippen molar-refractivity contribution in [3.8, 4) is 11.5 Å². The van der Waals surface area contributed by atoms with Crippen LogP contribution in [-0.2, 0) is 23.1 Å². The van der Waals surface area contributed by atoms with E-state index in [1.807, 2.05) is 38.1 Å². The molecule has 8 heteroatoms. The first-order chi connectivity index (χ1) is 17.8. The molecule has 0 radical (unpaired) electrons. The number of nitrogens with zero attached hydrogens (tertiary/aromatic N) is 2. The van der Waals surface area contributed by atoms with E-state index >= 15 is 0 Å². The van der Waals surface area contributed by atoms with Gasteiger partial charge in [0.1, 0.15) is 28.7 Å². The number of furan rings is 1. The Bertz CT molecular complexity index is 1470. The van der Waals surface area contributed by atoms with E-state index in [2.05, 4.69) is 4.99 Å². The van der Waals surface area contributed by atoms with Crippen LogP contribution in [-0.4, -0.2) is 33.2 Å². The highest BCUT2D eigenvalue weighted by Crippen LogP contribution is 2.31. The van der Waals surface area contributed by atoms with E-state index in [-0.39, 0.29) is 18.0 Å². The van der Waals surface area contributed by atoms with Crippen LogP contribution in [0.25, 0.3) is 0 Å². The Morgan fingerprint density at radius 1 is 0.838 bits per heavy atom. The molecule has 192 valence electrons. The Morgan fingerprint density at radius 2 is 1.51 bits per heavy atom. The molecule has 0 fully saturated rings. The summed E-state index contributed by atoms with van der Waals surface area (Å²) in [6.45, 7) is 4.21. The van der Waals surface area contributed by atoms with E-state index in [0.717, 1.165) is 16.7 Å². The first kappa shape index (κ1) is 26.2. The molecule has 0 atom stereocenters. The van der Waals surface area contributed by atoms with Gasteiger partial charge < -0.3 is 13.9 Å². The van der Waals surface area contributed by atoms with Crippen molar-refractivity contribution in [2.45, 2.75) is 31.8 Å². The number of hydrogen-bond acceptors (Lipinski definition) is 6. The molecule has 1 heterocycles. The first-order valence-electron chi connectivity index (χ1n) is 11.8. The van der Waals surface area contributed by atoms with Gasteiger partial charge in [0.25, 0.3) is 0 Å². The molecule has 0 unspecified atom stereocenters. The summed E-state index contributed by atoms with van der Waals surface area (Å²) in [5.74, 6) is 2.23. The number of rotatable bonds is 10. The van der Waals surface area contributed by atoms with Crippen molar-refractivity contribution in [3.63, 3.8) is 0 Å². The molecule has 4 rings (SSSR count). The number of sulfonamides is 1. The van der Waals surface area contributed by atoms with Gasteiger partial charge in [-0.15, -0.1) is 0 Å². The summed E-state index contributed by atoms with van der Waals surface area (Å²) < 4.78 is 45.2. The van der Waals surface area contributed by atoms with E-state index < -0.39 is 10.0 Å². The fraction of sp³-hybridized carbons (Fsp3) is 0.207. The van der Waals surface area contributed by atoms with Crippen LogP contribution in [0.15, 0.2) is 93.2 Å². The summed E-state index contributed by atoms with van der Waals surface area (Å²) in [6.07, 6.45) is 1.58. The predicted molar refractivity (Wildman–Crippen MR) is 144 cm³/mol. The lowest BCUT2D eigenvalue weighted by Crippen LogP contribution is -2.30. The van der Waals surface area contributed by atoms with Crippen LogP contribution in [0.3, 0.4) is 0 Å². The molecule has 0 aliphatic rings. The number of benzene rings is 3. The zero-order valence-electron chi connectivity index (χ0n) is 21.3. The van der Waals surface area contributed by atoms with E-state index in [9.17, 15) is 8.42 Å². The van der Waals surface area contributed by atoms with Crippen molar-refractivity contribution < 1.29 is 22.3 Å². The van der Waals surface area contributed by atoms with Crippen LogP contribution in [0.4, 0.5) is 5.69 Å². The molecular weight excluding hydrogens is 488 g/mol. The van der Waals surface area contributed by atoms with Crippen LogP contribution in [0.1, 0.15) is 28.2 Å². The summed E-state index contributed by atoms with van der Waals surface area (Å²) in [4.78, 5) is 4.71. The second kappa shape index (κ2) is 11.5. The van der Waals surface area contributed by atoms with Gasteiger partial charge in [0.2, 0.25) is 10.0 Å². The molecule has 0 saturated carbocycles. The molecule has 37 heavy (non-hydrogen) atoms. The molecule has 0 spiro atoms. The van der Waals surface area contributed by atoms with Crippen molar-refractivity contribution in [1.82, 2.24) is 4.31 Å². The van der Waals surface area contributed by atoms with Gasteiger partial charge >= 0.3 is 0 Å². The molecular formula is C29H30N2O5S. The predicted octanol–water partition coefficient (Wildman–Crippen LogP) is 6.06. The van der Waals surface area contributed by atoms with Crippen LogP contribution in [0.5, 0.6) is 11.5 Å². The zero-order valence-corrected chi connectivity index (χ0v) is 22.2. The largest absolute Gasteiger partial charge is 0.497 e. The fourth-order valence-corrected chi connectivity index (χ4v) is 5.12. The number of hydrogen-bond donors (Lipinski definition) is 0. The van der Waals surface area contributed by atoms with Crippen molar-refractivity contribution in [3.05, 3.63) is 107 Å². The number of aryl methyl sites for hydroxylation is 2. The Kier molecular flexibility index (Phi) is 8.11. The van der Waals surface area contributed by atoms with Crippen molar-refractivity contribution in [1.29, 1.82) is 0 Å². The van der Waals surface area contributed by atoms with Crippen LogP contribution < -0.4 is 9.47 Å². The Labute approximate surface area is 218 Å². The third-order valence-electron chi connectivity index (χ3n) is 5.87. The quantitative estimate of drug-likeness (QED) is 0.239. The Balaban J connectivity index is 1.59. The Hall–Kier alpha value is -3.88. The van der Waals surface area contributed by atoms with Crippen LogP contribution in [0, 0.1) is 13.8 Å². The smallest absolute Gasteiger partial charge is 0.243 e. The number of ether oxygens (including phenoxy) is 2. The molecule has 0 saturated heterocycles.